The Labute approximate surface area is 114 Å². The van der Waals surface area contributed by atoms with Crippen LogP contribution in [0.5, 0.6) is 0 Å². The minimum atomic E-state index is -0.854. The van der Waals surface area contributed by atoms with Gasteiger partial charge in [-0.05, 0) is 32.6 Å². The second-order valence-electron chi connectivity index (χ2n) is 5.89. The molecule has 2 rings (SSSR count). The molecule has 2 aliphatic rings. The van der Waals surface area contributed by atoms with E-state index in [0.29, 0.717) is 12.8 Å². The van der Waals surface area contributed by atoms with Crippen molar-refractivity contribution >= 4 is 11.9 Å². The number of hydrogen-bond acceptors (Lipinski definition) is 2. The number of carboxylic acid groups (broad SMARTS) is 1. The number of carbonyl (C=O) groups excluding carboxylic acids is 1. The fourth-order valence-corrected chi connectivity index (χ4v) is 3.17. The summed E-state index contributed by atoms with van der Waals surface area (Å²) in [6, 6.07) is 0.252. The fraction of sp³-hybridized carbons (Fsp3) is 0.733. The van der Waals surface area contributed by atoms with Gasteiger partial charge in [-0.3, -0.25) is 9.59 Å². The lowest BCUT2D eigenvalue weighted by molar-refractivity contribution is -0.147. The minimum absolute atomic E-state index is 0.0632. The first-order valence-corrected chi connectivity index (χ1v) is 7.26. The number of aliphatic carboxylic acids is 1. The van der Waals surface area contributed by atoms with Crippen LogP contribution >= 0.6 is 0 Å². The van der Waals surface area contributed by atoms with E-state index in [1.165, 1.54) is 6.42 Å². The summed E-state index contributed by atoms with van der Waals surface area (Å²) in [4.78, 5) is 23.6. The molecule has 2 N–H and O–H groups in total. The van der Waals surface area contributed by atoms with E-state index in [4.69, 9.17) is 0 Å². The van der Waals surface area contributed by atoms with Crippen molar-refractivity contribution in [1.82, 2.24) is 5.32 Å². The molecule has 2 aliphatic carbocycles. The molecule has 0 saturated heterocycles. The summed E-state index contributed by atoms with van der Waals surface area (Å²) in [5.41, 5.74) is 1.13. The molecule has 1 amide bonds. The van der Waals surface area contributed by atoms with Crippen molar-refractivity contribution in [3.05, 3.63) is 11.6 Å². The fourth-order valence-electron chi connectivity index (χ4n) is 3.17. The molecule has 1 fully saturated rings. The molecule has 0 aromatic rings. The van der Waals surface area contributed by atoms with Crippen molar-refractivity contribution in [2.24, 2.45) is 11.8 Å². The van der Waals surface area contributed by atoms with Crippen LogP contribution in [0.1, 0.15) is 51.9 Å². The monoisotopic (exact) mass is 265 g/mol. The lowest BCUT2D eigenvalue weighted by Crippen LogP contribution is -2.44. The predicted molar refractivity (Wildman–Crippen MR) is 72.6 cm³/mol. The number of rotatable bonds is 3. The highest BCUT2D eigenvalue weighted by Crippen LogP contribution is 2.30. The molecule has 0 unspecified atom stereocenters. The standard InChI is InChI=1S/C15H23NO3/c1-10-7-8-12(15(18)19)13(9-10)14(17)16-11-5-3-2-4-6-11/h7,11-13H,2-6,8-9H2,1H3,(H,16,17)(H,18,19)/t12-,13-/m1/s1. The van der Waals surface area contributed by atoms with Gasteiger partial charge in [0.1, 0.15) is 0 Å². The molecule has 0 aromatic heterocycles. The number of allylic oxidation sites excluding steroid dienone is 2. The van der Waals surface area contributed by atoms with Crippen LogP contribution in [0.2, 0.25) is 0 Å². The number of amides is 1. The maximum atomic E-state index is 12.3. The van der Waals surface area contributed by atoms with Gasteiger partial charge in [0.15, 0.2) is 0 Å². The third-order valence-corrected chi connectivity index (χ3v) is 4.35. The zero-order valence-corrected chi connectivity index (χ0v) is 11.5. The SMILES string of the molecule is CC1=CC[C@@H](C(=O)O)[C@H](C(=O)NC2CCCCC2)C1. The van der Waals surface area contributed by atoms with Gasteiger partial charge in [0.25, 0.3) is 0 Å². The largest absolute Gasteiger partial charge is 0.481 e. The molecule has 4 heteroatoms. The highest BCUT2D eigenvalue weighted by molar-refractivity contribution is 5.85. The number of hydrogen-bond donors (Lipinski definition) is 2. The molecule has 0 heterocycles. The summed E-state index contributed by atoms with van der Waals surface area (Å²) in [6.07, 6.45) is 8.64. The van der Waals surface area contributed by atoms with Gasteiger partial charge in [0, 0.05) is 6.04 Å². The Balaban J connectivity index is 1.98. The van der Waals surface area contributed by atoms with Crippen LogP contribution in [0.3, 0.4) is 0 Å². The van der Waals surface area contributed by atoms with Gasteiger partial charge in [0.05, 0.1) is 11.8 Å². The molecule has 4 nitrogen and oxygen atoms in total. The van der Waals surface area contributed by atoms with E-state index in [2.05, 4.69) is 5.32 Å². The molecule has 0 bridgehead atoms. The van der Waals surface area contributed by atoms with Crippen molar-refractivity contribution in [2.75, 3.05) is 0 Å². The lowest BCUT2D eigenvalue weighted by atomic mass is 9.79. The Kier molecular flexibility index (Phi) is 4.61. The third kappa shape index (κ3) is 3.58. The van der Waals surface area contributed by atoms with Crippen molar-refractivity contribution in [2.45, 2.75) is 57.9 Å². The van der Waals surface area contributed by atoms with Crippen LogP contribution in [0, 0.1) is 11.8 Å². The molecule has 106 valence electrons. The molecular weight excluding hydrogens is 242 g/mol. The molecule has 19 heavy (non-hydrogen) atoms. The van der Waals surface area contributed by atoms with Gasteiger partial charge in [-0.2, -0.15) is 0 Å². The van der Waals surface area contributed by atoms with Crippen LogP contribution in [0.4, 0.5) is 0 Å². The van der Waals surface area contributed by atoms with Crippen LogP contribution in [0.25, 0.3) is 0 Å². The first kappa shape index (κ1) is 14.1. The predicted octanol–water partition coefficient (Wildman–Crippen LogP) is 2.49. The van der Waals surface area contributed by atoms with Gasteiger partial charge >= 0.3 is 5.97 Å². The minimum Gasteiger partial charge on any atom is -0.481 e. The van der Waals surface area contributed by atoms with Crippen LogP contribution in [-0.2, 0) is 9.59 Å². The van der Waals surface area contributed by atoms with Gasteiger partial charge in [0.2, 0.25) is 5.91 Å². The van der Waals surface area contributed by atoms with E-state index in [1.54, 1.807) is 0 Å². The average Bonchev–Trinajstić information content (AvgIpc) is 2.39. The van der Waals surface area contributed by atoms with E-state index in [0.717, 1.165) is 31.3 Å². The van der Waals surface area contributed by atoms with Gasteiger partial charge < -0.3 is 10.4 Å². The molecule has 0 aliphatic heterocycles. The lowest BCUT2D eigenvalue weighted by Gasteiger charge is -2.30. The molecule has 0 spiro atoms. The topological polar surface area (TPSA) is 66.4 Å². The number of nitrogens with one attached hydrogen (secondary N) is 1. The summed E-state index contributed by atoms with van der Waals surface area (Å²) < 4.78 is 0. The Morgan fingerprint density at radius 2 is 1.89 bits per heavy atom. The Hall–Kier alpha value is -1.32. The Bertz CT molecular complexity index is 383. The van der Waals surface area contributed by atoms with Crippen LogP contribution in [-0.4, -0.2) is 23.0 Å². The first-order chi connectivity index (χ1) is 9.08. The van der Waals surface area contributed by atoms with E-state index in [1.807, 2.05) is 13.0 Å². The van der Waals surface area contributed by atoms with Crippen molar-refractivity contribution < 1.29 is 14.7 Å². The summed E-state index contributed by atoms with van der Waals surface area (Å²) in [5, 5.41) is 12.3. The highest BCUT2D eigenvalue weighted by Gasteiger charge is 2.36. The normalized spacial score (nSPS) is 28.6. The maximum absolute atomic E-state index is 12.3. The smallest absolute Gasteiger partial charge is 0.307 e. The molecule has 0 radical (unpaired) electrons. The van der Waals surface area contributed by atoms with E-state index < -0.39 is 17.8 Å². The Morgan fingerprint density at radius 1 is 1.21 bits per heavy atom. The first-order valence-electron chi connectivity index (χ1n) is 7.26. The second-order valence-corrected chi connectivity index (χ2v) is 5.89. The summed E-state index contributed by atoms with van der Waals surface area (Å²) in [5.74, 6) is -1.88. The van der Waals surface area contributed by atoms with E-state index in [-0.39, 0.29) is 11.9 Å². The van der Waals surface area contributed by atoms with Gasteiger partial charge in [-0.1, -0.05) is 30.9 Å². The van der Waals surface area contributed by atoms with Crippen LogP contribution < -0.4 is 5.32 Å². The molecular formula is C15H23NO3. The zero-order chi connectivity index (χ0) is 13.8. The quantitative estimate of drug-likeness (QED) is 0.770. The summed E-state index contributed by atoms with van der Waals surface area (Å²) in [6.45, 7) is 1.97. The summed E-state index contributed by atoms with van der Waals surface area (Å²) >= 11 is 0. The van der Waals surface area contributed by atoms with E-state index in [9.17, 15) is 14.7 Å². The molecule has 0 aromatic carbocycles. The number of carboxylic acids is 1. The average molecular weight is 265 g/mol. The van der Waals surface area contributed by atoms with Crippen molar-refractivity contribution in [1.29, 1.82) is 0 Å². The third-order valence-electron chi connectivity index (χ3n) is 4.35. The summed E-state index contributed by atoms with van der Waals surface area (Å²) in [7, 11) is 0. The molecule has 2 atom stereocenters. The van der Waals surface area contributed by atoms with Gasteiger partial charge in [-0.15, -0.1) is 0 Å². The molecule has 1 saturated carbocycles. The highest BCUT2D eigenvalue weighted by atomic mass is 16.4. The number of carbonyl (C=O) groups is 2. The van der Waals surface area contributed by atoms with E-state index >= 15 is 0 Å². The van der Waals surface area contributed by atoms with Gasteiger partial charge in [-0.25, -0.2) is 0 Å². The zero-order valence-electron chi connectivity index (χ0n) is 11.5. The maximum Gasteiger partial charge on any atom is 0.307 e. The Morgan fingerprint density at radius 3 is 2.53 bits per heavy atom. The van der Waals surface area contributed by atoms with Crippen molar-refractivity contribution in [3.63, 3.8) is 0 Å². The van der Waals surface area contributed by atoms with Crippen LogP contribution in [0.15, 0.2) is 11.6 Å². The second kappa shape index (κ2) is 6.22. The van der Waals surface area contributed by atoms with Crippen molar-refractivity contribution in [3.8, 4) is 0 Å².